The molecule has 0 spiro atoms. The number of amides is 2. The standard InChI is InChI=1S/C33H35N5O5S/c34-27-8-1-2-9-28(27)38-31(41)11-4-10-30(40)37-25-7-3-6-24(18-25)32-42-26(21-44-33-35-16-5-17-36-33)19-29(43-32)23-14-12-22(20-39)13-15-23/h1-3,5-9,12-18,26,29,32,39H,4,10-11,19-21,34H2,(H,37,40)(H,38,41)/t26-,29+,32+/m1/s1. The Kier molecular flexibility index (Phi) is 10.9. The van der Waals surface area contributed by atoms with Gasteiger partial charge in [-0.1, -0.05) is 60.3 Å². The van der Waals surface area contributed by atoms with Gasteiger partial charge in [-0.25, -0.2) is 9.97 Å². The van der Waals surface area contributed by atoms with Crippen LogP contribution in [0.25, 0.3) is 0 Å². The molecule has 10 nitrogen and oxygen atoms in total. The smallest absolute Gasteiger partial charge is 0.224 e. The van der Waals surface area contributed by atoms with Crippen molar-refractivity contribution in [1.29, 1.82) is 0 Å². The predicted molar refractivity (Wildman–Crippen MR) is 170 cm³/mol. The first-order valence-corrected chi connectivity index (χ1v) is 15.4. The van der Waals surface area contributed by atoms with E-state index >= 15 is 0 Å². The van der Waals surface area contributed by atoms with Crippen molar-refractivity contribution in [3.8, 4) is 0 Å². The van der Waals surface area contributed by atoms with E-state index in [2.05, 4.69) is 20.6 Å². The maximum absolute atomic E-state index is 12.7. The lowest BCUT2D eigenvalue weighted by Gasteiger charge is -2.36. The van der Waals surface area contributed by atoms with Crippen molar-refractivity contribution in [2.75, 3.05) is 22.1 Å². The molecule has 0 unspecified atom stereocenters. The van der Waals surface area contributed by atoms with E-state index in [0.29, 0.717) is 40.8 Å². The van der Waals surface area contributed by atoms with E-state index in [9.17, 15) is 14.7 Å². The molecule has 3 aromatic carbocycles. The molecule has 5 rings (SSSR count). The second kappa shape index (κ2) is 15.4. The molecular weight excluding hydrogens is 578 g/mol. The van der Waals surface area contributed by atoms with Gasteiger partial charge in [-0.15, -0.1) is 0 Å². The maximum Gasteiger partial charge on any atom is 0.224 e. The minimum absolute atomic E-state index is 0.0254. The van der Waals surface area contributed by atoms with E-state index in [-0.39, 0.29) is 43.5 Å². The van der Waals surface area contributed by atoms with Crippen molar-refractivity contribution in [3.63, 3.8) is 0 Å². The second-order valence-electron chi connectivity index (χ2n) is 10.4. The normalized spacial score (nSPS) is 18.0. The van der Waals surface area contributed by atoms with E-state index in [4.69, 9.17) is 15.2 Å². The first-order chi connectivity index (χ1) is 21.5. The van der Waals surface area contributed by atoms with Gasteiger partial charge in [-0.3, -0.25) is 9.59 Å². The summed E-state index contributed by atoms with van der Waals surface area (Å²) in [6, 6.07) is 23.9. The number of nitrogens with one attached hydrogen (secondary N) is 2. The number of hydrogen-bond acceptors (Lipinski definition) is 9. The zero-order valence-corrected chi connectivity index (χ0v) is 24.9. The quantitative estimate of drug-likeness (QED) is 0.0905. The Hall–Kier alpha value is -4.29. The average Bonchev–Trinajstić information content (AvgIpc) is 3.05. The van der Waals surface area contributed by atoms with Gasteiger partial charge in [0.05, 0.1) is 30.2 Å². The van der Waals surface area contributed by atoms with Gasteiger partial charge < -0.3 is 30.9 Å². The van der Waals surface area contributed by atoms with Crippen molar-refractivity contribution in [2.45, 2.75) is 55.9 Å². The summed E-state index contributed by atoms with van der Waals surface area (Å²) in [5.74, 6) is 0.241. The van der Waals surface area contributed by atoms with Gasteiger partial charge in [-0.2, -0.15) is 0 Å². The van der Waals surface area contributed by atoms with Gasteiger partial charge in [0.2, 0.25) is 11.8 Å². The number of nitrogen functional groups attached to an aromatic ring is 1. The molecule has 11 heteroatoms. The molecule has 1 fully saturated rings. The topological polar surface area (TPSA) is 149 Å². The molecule has 3 atom stereocenters. The fourth-order valence-electron chi connectivity index (χ4n) is 4.77. The van der Waals surface area contributed by atoms with Crippen LogP contribution in [0.4, 0.5) is 17.1 Å². The number of nitrogens with two attached hydrogens (primary N) is 1. The van der Waals surface area contributed by atoms with E-state index in [0.717, 1.165) is 16.7 Å². The van der Waals surface area contributed by atoms with Crippen LogP contribution in [-0.2, 0) is 25.7 Å². The third-order valence-electron chi connectivity index (χ3n) is 7.04. The number of carbonyl (C=O) groups excluding carboxylic acids is 2. The number of aromatic nitrogens is 2. The van der Waals surface area contributed by atoms with Crippen molar-refractivity contribution in [2.24, 2.45) is 0 Å². The fourth-order valence-corrected chi connectivity index (χ4v) is 5.59. The summed E-state index contributed by atoms with van der Waals surface area (Å²) in [5, 5.41) is 15.8. The molecule has 2 heterocycles. The number of anilines is 3. The van der Waals surface area contributed by atoms with E-state index in [1.165, 1.54) is 11.8 Å². The van der Waals surface area contributed by atoms with Crippen LogP contribution in [0.2, 0.25) is 0 Å². The molecule has 44 heavy (non-hydrogen) atoms. The molecular formula is C33H35N5O5S. The number of benzene rings is 3. The lowest BCUT2D eigenvalue weighted by Crippen LogP contribution is -2.31. The molecule has 5 N–H and O–H groups in total. The van der Waals surface area contributed by atoms with Gasteiger partial charge in [0.1, 0.15) is 0 Å². The summed E-state index contributed by atoms with van der Waals surface area (Å²) in [5.41, 5.74) is 10.1. The van der Waals surface area contributed by atoms with Crippen LogP contribution < -0.4 is 16.4 Å². The summed E-state index contributed by atoms with van der Waals surface area (Å²) < 4.78 is 12.8. The van der Waals surface area contributed by atoms with Crippen LogP contribution in [-0.4, -0.2) is 38.7 Å². The molecule has 228 valence electrons. The van der Waals surface area contributed by atoms with Crippen molar-refractivity contribution < 1.29 is 24.2 Å². The lowest BCUT2D eigenvalue weighted by atomic mass is 10.0. The van der Waals surface area contributed by atoms with Crippen LogP contribution in [0.1, 0.15) is 54.8 Å². The molecule has 1 aromatic heterocycles. The number of para-hydroxylation sites is 2. The van der Waals surface area contributed by atoms with Gasteiger partial charge in [-0.05, 0) is 47.9 Å². The Morgan fingerprint density at radius 1 is 0.886 bits per heavy atom. The summed E-state index contributed by atoms with van der Waals surface area (Å²) >= 11 is 1.52. The second-order valence-corrected chi connectivity index (χ2v) is 11.3. The number of hydrogen-bond donors (Lipinski definition) is 4. The molecule has 0 saturated carbocycles. The van der Waals surface area contributed by atoms with Crippen LogP contribution in [0, 0.1) is 0 Å². The lowest BCUT2D eigenvalue weighted by molar-refractivity contribution is -0.245. The molecule has 1 aliphatic rings. The van der Waals surface area contributed by atoms with Gasteiger partial charge in [0.15, 0.2) is 11.4 Å². The van der Waals surface area contributed by atoms with Crippen molar-refractivity contribution in [1.82, 2.24) is 9.97 Å². The molecule has 2 amide bonds. The van der Waals surface area contributed by atoms with Gasteiger partial charge in [0.25, 0.3) is 0 Å². The third-order valence-corrected chi connectivity index (χ3v) is 8.05. The van der Waals surface area contributed by atoms with Crippen LogP contribution in [0.15, 0.2) is 96.4 Å². The monoisotopic (exact) mass is 613 g/mol. The number of thioether (sulfide) groups is 1. The largest absolute Gasteiger partial charge is 0.397 e. The van der Waals surface area contributed by atoms with E-state index in [1.54, 1.807) is 48.8 Å². The Morgan fingerprint density at radius 3 is 2.39 bits per heavy atom. The molecule has 1 aliphatic heterocycles. The van der Waals surface area contributed by atoms with Gasteiger partial charge in [0, 0.05) is 48.7 Å². The first-order valence-electron chi connectivity index (χ1n) is 14.4. The van der Waals surface area contributed by atoms with Crippen LogP contribution >= 0.6 is 11.8 Å². The summed E-state index contributed by atoms with van der Waals surface area (Å²) in [4.78, 5) is 33.6. The number of rotatable bonds is 12. The number of ether oxygens (including phenoxy) is 2. The minimum atomic E-state index is -0.667. The molecule has 0 radical (unpaired) electrons. The Labute approximate surface area is 260 Å². The molecule has 0 bridgehead atoms. The Bertz CT molecular complexity index is 1540. The zero-order chi connectivity index (χ0) is 30.7. The predicted octanol–water partition coefficient (Wildman–Crippen LogP) is 5.64. The summed E-state index contributed by atoms with van der Waals surface area (Å²) in [6.45, 7) is -0.0254. The highest BCUT2D eigenvalue weighted by molar-refractivity contribution is 7.99. The van der Waals surface area contributed by atoms with E-state index < -0.39 is 6.29 Å². The Balaban J connectivity index is 1.20. The van der Waals surface area contributed by atoms with Crippen molar-refractivity contribution in [3.05, 3.63) is 108 Å². The van der Waals surface area contributed by atoms with Crippen molar-refractivity contribution >= 4 is 40.6 Å². The van der Waals surface area contributed by atoms with Gasteiger partial charge >= 0.3 is 0 Å². The number of aliphatic hydroxyl groups is 1. The van der Waals surface area contributed by atoms with Crippen LogP contribution in [0.5, 0.6) is 0 Å². The SMILES string of the molecule is Nc1ccccc1NC(=O)CCCC(=O)Nc1cccc([C@H]2O[C@@H](CSc3ncccn3)C[C@@H](c3ccc(CO)cc3)O2)c1. The zero-order valence-electron chi connectivity index (χ0n) is 24.1. The molecule has 0 aliphatic carbocycles. The maximum atomic E-state index is 12.7. The number of aliphatic hydroxyl groups excluding tert-OH is 1. The third kappa shape index (κ3) is 8.87. The molecule has 4 aromatic rings. The van der Waals surface area contributed by atoms with Crippen LogP contribution in [0.3, 0.4) is 0 Å². The Morgan fingerprint density at radius 2 is 1.64 bits per heavy atom. The number of nitrogens with zero attached hydrogens (tertiary/aromatic N) is 2. The summed E-state index contributed by atoms with van der Waals surface area (Å²) in [7, 11) is 0. The average molecular weight is 614 g/mol. The first kappa shape index (κ1) is 31.1. The minimum Gasteiger partial charge on any atom is -0.397 e. The highest BCUT2D eigenvalue weighted by atomic mass is 32.2. The number of carbonyl (C=O) groups is 2. The highest BCUT2D eigenvalue weighted by Gasteiger charge is 2.32. The molecule has 1 saturated heterocycles. The van der Waals surface area contributed by atoms with E-state index in [1.807, 2.05) is 42.5 Å². The fraction of sp³-hybridized carbons (Fsp3) is 0.273. The highest BCUT2D eigenvalue weighted by Crippen LogP contribution is 2.39. The summed E-state index contributed by atoms with van der Waals surface area (Å²) in [6.07, 6.45) is 3.77.